The van der Waals surface area contributed by atoms with Gasteiger partial charge in [0.05, 0.1) is 11.4 Å². The number of nitrogen functional groups attached to an aromatic ring is 1. The zero-order valence-corrected chi connectivity index (χ0v) is 12.8. The highest BCUT2D eigenvalue weighted by atomic mass is 16.2. The van der Waals surface area contributed by atoms with Crippen molar-refractivity contribution in [2.45, 2.75) is 27.3 Å². The summed E-state index contributed by atoms with van der Waals surface area (Å²) < 4.78 is 1.58. The third kappa shape index (κ3) is 3.09. The average molecular weight is 281 g/mol. The van der Waals surface area contributed by atoms with E-state index in [1.807, 2.05) is 13.8 Å². The minimum absolute atomic E-state index is 0.0374. The molecule has 0 saturated carbocycles. The van der Waals surface area contributed by atoms with E-state index < -0.39 is 0 Å². The van der Waals surface area contributed by atoms with Crippen molar-refractivity contribution in [3.63, 3.8) is 0 Å². The predicted molar refractivity (Wildman–Crippen MR) is 77.3 cm³/mol. The van der Waals surface area contributed by atoms with Gasteiger partial charge in [-0.25, -0.2) is 0 Å². The minimum Gasteiger partial charge on any atom is -0.395 e. The Hall–Kier alpha value is -2.05. The third-order valence-corrected chi connectivity index (χ3v) is 3.17. The summed E-state index contributed by atoms with van der Waals surface area (Å²) in [6.07, 6.45) is 0. The van der Waals surface area contributed by atoms with Gasteiger partial charge in [0.15, 0.2) is 0 Å². The number of rotatable bonds is 5. The van der Waals surface area contributed by atoms with Gasteiger partial charge in [0, 0.05) is 27.2 Å². The van der Waals surface area contributed by atoms with Gasteiger partial charge in [-0.1, -0.05) is 0 Å². The smallest absolute Gasteiger partial charge is 0.274 e. The van der Waals surface area contributed by atoms with E-state index in [0.717, 1.165) is 0 Å². The number of nitrogens with two attached hydrogens (primary N) is 1. The number of carbonyl (C=O) groups excluding carboxylic acids is 2. The highest BCUT2D eigenvalue weighted by Crippen LogP contribution is 2.18. The standard InChI is InChI=1S/C13H23N5O2/c1-6-17(8-10(19)16(4)5)13(20)12-11(14)9(3)15-18(12)7-2/h6-8,14H2,1-5H3. The summed E-state index contributed by atoms with van der Waals surface area (Å²) >= 11 is 0. The first kappa shape index (κ1) is 16.0. The van der Waals surface area contributed by atoms with Crippen molar-refractivity contribution in [2.75, 3.05) is 32.9 Å². The zero-order valence-electron chi connectivity index (χ0n) is 12.8. The quantitative estimate of drug-likeness (QED) is 0.843. The maximum atomic E-state index is 12.6. The van der Waals surface area contributed by atoms with Crippen LogP contribution >= 0.6 is 0 Å². The number of amides is 2. The fourth-order valence-electron chi connectivity index (χ4n) is 1.83. The number of hydrogen-bond acceptors (Lipinski definition) is 4. The molecule has 2 N–H and O–H groups in total. The highest BCUT2D eigenvalue weighted by molar-refractivity contribution is 5.99. The van der Waals surface area contributed by atoms with Crippen LogP contribution in [0.25, 0.3) is 0 Å². The lowest BCUT2D eigenvalue weighted by atomic mass is 10.2. The molecule has 0 aliphatic heterocycles. The Morgan fingerprint density at radius 2 is 1.90 bits per heavy atom. The number of anilines is 1. The lowest BCUT2D eigenvalue weighted by Gasteiger charge is -2.22. The second-order valence-electron chi connectivity index (χ2n) is 4.77. The molecule has 0 atom stereocenters. The van der Waals surface area contributed by atoms with Crippen LogP contribution in [0.5, 0.6) is 0 Å². The second kappa shape index (κ2) is 6.40. The van der Waals surface area contributed by atoms with Crippen LogP contribution in [0.1, 0.15) is 30.0 Å². The summed E-state index contributed by atoms with van der Waals surface area (Å²) in [5.74, 6) is -0.388. The Morgan fingerprint density at radius 1 is 1.30 bits per heavy atom. The Labute approximate surface area is 119 Å². The molecular weight excluding hydrogens is 258 g/mol. The molecule has 7 heteroatoms. The van der Waals surface area contributed by atoms with Crippen LogP contribution in [0.4, 0.5) is 5.69 Å². The summed E-state index contributed by atoms with van der Waals surface area (Å²) in [6.45, 7) is 6.51. The Morgan fingerprint density at radius 3 is 2.35 bits per heavy atom. The largest absolute Gasteiger partial charge is 0.395 e. The second-order valence-corrected chi connectivity index (χ2v) is 4.77. The first-order valence-electron chi connectivity index (χ1n) is 6.65. The minimum atomic E-state index is -0.261. The summed E-state index contributed by atoms with van der Waals surface area (Å²) in [4.78, 5) is 27.3. The van der Waals surface area contributed by atoms with Gasteiger partial charge in [0.1, 0.15) is 12.2 Å². The first-order valence-corrected chi connectivity index (χ1v) is 6.65. The van der Waals surface area contributed by atoms with Crippen LogP contribution in [0.3, 0.4) is 0 Å². The number of aryl methyl sites for hydroxylation is 2. The van der Waals surface area contributed by atoms with Gasteiger partial charge in [0.25, 0.3) is 5.91 Å². The lowest BCUT2D eigenvalue weighted by molar-refractivity contribution is -0.129. The molecule has 112 valence electrons. The van der Waals surface area contributed by atoms with E-state index in [9.17, 15) is 9.59 Å². The topological polar surface area (TPSA) is 84.5 Å². The van der Waals surface area contributed by atoms with Crippen molar-refractivity contribution in [1.29, 1.82) is 0 Å². The van der Waals surface area contributed by atoms with Gasteiger partial charge < -0.3 is 15.5 Å². The monoisotopic (exact) mass is 281 g/mol. The first-order chi connectivity index (χ1) is 9.33. The number of hydrogen-bond donors (Lipinski definition) is 1. The number of aromatic nitrogens is 2. The Bertz CT molecular complexity index is 507. The molecule has 0 unspecified atom stereocenters. The molecule has 1 rings (SSSR count). The molecule has 0 fully saturated rings. The third-order valence-electron chi connectivity index (χ3n) is 3.17. The van der Waals surface area contributed by atoms with E-state index >= 15 is 0 Å². The van der Waals surface area contributed by atoms with Crippen molar-refractivity contribution in [2.24, 2.45) is 0 Å². The van der Waals surface area contributed by atoms with E-state index in [4.69, 9.17) is 5.73 Å². The van der Waals surface area contributed by atoms with Gasteiger partial charge in [0.2, 0.25) is 5.91 Å². The molecule has 0 saturated heterocycles. The molecule has 0 spiro atoms. The van der Waals surface area contributed by atoms with E-state index in [1.165, 1.54) is 9.80 Å². The van der Waals surface area contributed by atoms with Gasteiger partial charge in [-0.2, -0.15) is 5.10 Å². The summed E-state index contributed by atoms with van der Waals surface area (Å²) in [6, 6.07) is 0. The lowest BCUT2D eigenvalue weighted by Crippen LogP contribution is -2.41. The average Bonchev–Trinajstić information content (AvgIpc) is 2.70. The zero-order chi connectivity index (χ0) is 15.4. The molecule has 0 radical (unpaired) electrons. The van der Waals surface area contributed by atoms with Crippen LogP contribution in [-0.4, -0.2) is 58.6 Å². The van der Waals surface area contributed by atoms with Crippen molar-refractivity contribution >= 4 is 17.5 Å². The molecule has 20 heavy (non-hydrogen) atoms. The molecular formula is C13H23N5O2. The van der Waals surface area contributed by atoms with Gasteiger partial charge in [-0.15, -0.1) is 0 Å². The Balaban J connectivity index is 3.06. The number of nitrogens with zero attached hydrogens (tertiary/aromatic N) is 4. The van der Waals surface area contributed by atoms with E-state index in [0.29, 0.717) is 30.2 Å². The summed E-state index contributed by atoms with van der Waals surface area (Å²) in [5.41, 5.74) is 7.31. The van der Waals surface area contributed by atoms with Gasteiger partial charge in [-0.05, 0) is 20.8 Å². The molecule has 0 bridgehead atoms. The van der Waals surface area contributed by atoms with E-state index in [2.05, 4.69) is 5.10 Å². The number of likely N-dealkylation sites (N-methyl/N-ethyl adjacent to an activating group) is 2. The van der Waals surface area contributed by atoms with E-state index in [1.54, 1.807) is 25.7 Å². The van der Waals surface area contributed by atoms with Crippen molar-refractivity contribution in [3.05, 3.63) is 11.4 Å². The molecule has 1 aromatic rings. The van der Waals surface area contributed by atoms with Crippen LogP contribution in [0, 0.1) is 6.92 Å². The Kier molecular flexibility index (Phi) is 5.12. The highest BCUT2D eigenvalue weighted by Gasteiger charge is 2.25. The van der Waals surface area contributed by atoms with Crippen molar-refractivity contribution < 1.29 is 9.59 Å². The molecule has 2 amide bonds. The maximum Gasteiger partial charge on any atom is 0.274 e. The fourth-order valence-corrected chi connectivity index (χ4v) is 1.83. The van der Waals surface area contributed by atoms with Crippen LogP contribution in [-0.2, 0) is 11.3 Å². The molecule has 0 aromatic carbocycles. The van der Waals surface area contributed by atoms with Crippen LogP contribution in [0.2, 0.25) is 0 Å². The van der Waals surface area contributed by atoms with Gasteiger partial charge >= 0.3 is 0 Å². The SMILES string of the molecule is CCN(CC(=O)N(C)C)C(=O)c1c(N)c(C)nn1CC. The predicted octanol–water partition coefficient (Wildman–Crippen LogP) is 0.344. The number of carbonyl (C=O) groups is 2. The molecule has 0 aliphatic carbocycles. The summed E-state index contributed by atoms with van der Waals surface area (Å²) in [5, 5.41) is 4.23. The molecule has 0 aliphatic rings. The fraction of sp³-hybridized carbons (Fsp3) is 0.615. The van der Waals surface area contributed by atoms with Crippen molar-refractivity contribution in [3.8, 4) is 0 Å². The maximum absolute atomic E-state index is 12.6. The molecule has 1 heterocycles. The van der Waals surface area contributed by atoms with E-state index in [-0.39, 0.29) is 18.4 Å². The summed E-state index contributed by atoms with van der Waals surface area (Å²) in [7, 11) is 3.32. The molecule has 1 aromatic heterocycles. The van der Waals surface area contributed by atoms with Gasteiger partial charge in [-0.3, -0.25) is 14.3 Å². The molecule has 7 nitrogen and oxygen atoms in total. The van der Waals surface area contributed by atoms with Crippen molar-refractivity contribution in [1.82, 2.24) is 19.6 Å². The van der Waals surface area contributed by atoms with Crippen LogP contribution in [0.15, 0.2) is 0 Å². The van der Waals surface area contributed by atoms with Crippen LogP contribution < -0.4 is 5.73 Å². The normalized spacial score (nSPS) is 10.4.